The Kier molecular flexibility index (Phi) is 4.33. The van der Waals surface area contributed by atoms with Crippen molar-refractivity contribution >= 4 is 11.8 Å². The van der Waals surface area contributed by atoms with E-state index in [0.29, 0.717) is 13.0 Å². The summed E-state index contributed by atoms with van der Waals surface area (Å²) >= 11 is 0. The summed E-state index contributed by atoms with van der Waals surface area (Å²) < 4.78 is 1.31. The molecule has 2 rings (SSSR count). The van der Waals surface area contributed by atoms with E-state index < -0.39 is 6.04 Å². The van der Waals surface area contributed by atoms with Crippen molar-refractivity contribution in [2.24, 2.45) is 0 Å². The molecule has 2 N–H and O–H groups in total. The maximum absolute atomic E-state index is 11.8. The van der Waals surface area contributed by atoms with Crippen LogP contribution in [0.4, 0.5) is 0 Å². The maximum Gasteiger partial charge on any atom is 0.250 e. The van der Waals surface area contributed by atoms with Crippen LogP contribution in [0, 0.1) is 0 Å². The molecule has 1 aliphatic heterocycles. The van der Waals surface area contributed by atoms with Gasteiger partial charge in [-0.1, -0.05) is 6.07 Å². The summed E-state index contributed by atoms with van der Waals surface area (Å²) in [7, 11) is 0. The van der Waals surface area contributed by atoms with E-state index in [1.54, 1.807) is 18.3 Å². The third-order valence-electron chi connectivity index (χ3n) is 3.08. The number of nitrogens with zero attached hydrogens (tertiary/aromatic N) is 1. The third-order valence-corrected chi connectivity index (χ3v) is 3.08. The number of carbonyl (C=O) groups is 2. The Morgan fingerprint density at radius 2 is 2.21 bits per heavy atom. The minimum Gasteiger partial charge on any atom is -0.354 e. The molecule has 19 heavy (non-hydrogen) atoms. The van der Waals surface area contributed by atoms with E-state index in [4.69, 9.17) is 0 Å². The Morgan fingerprint density at radius 3 is 3.00 bits per heavy atom. The van der Waals surface area contributed by atoms with E-state index in [1.165, 1.54) is 10.6 Å². The lowest BCUT2D eigenvalue weighted by atomic mass is 10.1. The lowest BCUT2D eigenvalue weighted by molar-refractivity contribution is -0.129. The zero-order valence-electron chi connectivity index (χ0n) is 10.6. The highest BCUT2D eigenvalue weighted by atomic mass is 16.2. The lowest BCUT2D eigenvalue weighted by Crippen LogP contribution is -2.47. The van der Waals surface area contributed by atoms with Gasteiger partial charge in [-0.3, -0.25) is 14.4 Å². The molecule has 0 spiro atoms. The fraction of sp³-hybridized carbons (Fsp3) is 0.462. The number of aromatic nitrogens is 1. The summed E-state index contributed by atoms with van der Waals surface area (Å²) in [5, 5.41) is 5.43. The number of hydrogen-bond donors (Lipinski definition) is 2. The maximum atomic E-state index is 11.8. The van der Waals surface area contributed by atoms with Crippen molar-refractivity contribution in [3.8, 4) is 0 Å². The molecular formula is C13H17N3O3. The van der Waals surface area contributed by atoms with E-state index >= 15 is 0 Å². The molecule has 2 heterocycles. The number of pyridine rings is 1. The molecule has 0 radical (unpaired) electrons. The first-order valence-electron chi connectivity index (χ1n) is 6.39. The van der Waals surface area contributed by atoms with Gasteiger partial charge < -0.3 is 15.2 Å². The van der Waals surface area contributed by atoms with E-state index in [9.17, 15) is 14.4 Å². The molecule has 1 saturated heterocycles. The lowest BCUT2D eigenvalue weighted by Gasteiger charge is -2.15. The summed E-state index contributed by atoms with van der Waals surface area (Å²) in [6.45, 7) is 0.590. The van der Waals surface area contributed by atoms with Crippen LogP contribution in [0.25, 0.3) is 0 Å². The van der Waals surface area contributed by atoms with Gasteiger partial charge in [0.1, 0.15) is 12.6 Å². The van der Waals surface area contributed by atoms with Crippen LogP contribution >= 0.6 is 0 Å². The molecule has 1 aromatic heterocycles. The van der Waals surface area contributed by atoms with Crippen molar-refractivity contribution < 1.29 is 9.59 Å². The minimum atomic E-state index is -0.491. The van der Waals surface area contributed by atoms with Crippen LogP contribution in [0.5, 0.6) is 0 Å². The molecule has 1 atom stereocenters. The number of amides is 2. The predicted molar refractivity (Wildman–Crippen MR) is 69.5 cm³/mol. The summed E-state index contributed by atoms with van der Waals surface area (Å²) in [5.74, 6) is -0.471. The molecule has 0 aromatic carbocycles. The molecular weight excluding hydrogens is 246 g/mol. The second-order valence-corrected chi connectivity index (χ2v) is 4.57. The first-order valence-corrected chi connectivity index (χ1v) is 6.39. The molecule has 0 aliphatic carbocycles. The monoisotopic (exact) mass is 263 g/mol. The van der Waals surface area contributed by atoms with Crippen LogP contribution in [0.2, 0.25) is 0 Å². The van der Waals surface area contributed by atoms with Crippen LogP contribution in [0.1, 0.15) is 19.3 Å². The normalized spacial score (nSPS) is 19.4. The largest absolute Gasteiger partial charge is 0.354 e. The number of nitrogens with one attached hydrogen (secondary N) is 2. The summed E-state index contributed by atoms with van der Waals surface area (Å²) in [6.07, 6.45) is 4.02. The minimum absolute atomic E-state index is 0.0660. The van der Waals surface area contributed by atoms with Crippen LogP contribution in [-0.2, 0) is 16.1 Å². The van der Waals surface area contributed by atoms with E-state index in [0.717, 1.165) is 12.8 Å². The van der Waals surface area contributed by atoms with Crippen LogP contribution in [0.15, 0.2) is 29.2 Å². The van der Waals surface area contributed by atoms with Gasteiger partial charge in [0.2, 0.25) is 11.8 Å². The standard InChI is InChI=1S/C13H17N3O3/c17-11(9-16-8-4-2-6-12(16)18)15-10-5-1-3-7-14-13(10)19/h2,4,6,8,10H,1,3,5,7,9H2,(H,14,19)(H,15,17). The second kappa shape index (κ2) is 6.17. The van der Waals surface area contributed by atoms with Gasteiger partial charge >= 0.3 is 0 Å². The highest BCUT2D eigenvalue weighted by Gasteiger charge is 2.22. The Bertz CT molecular complexity index is 524. The van der Waals surface area contributed by atoms with Crippen molar-refractivity contribution in [3.63, 3.8) is 0 Å². The summed E-state index contributed by atoms with van der Waals surface area (Å²) in [4.78, 5) is 35.0. The van der Waals surface area contributed by atoms with E-state index in [1.807, 2.05) is 0 Å². The highest BCUT2D eigenvalue weighted by Crippen LogP contribution is 2.05. The van der Waals surface area contributed by atoms with Crippen LogP contribution in [-0.4, -0.2) is 29.0 Å². The summed E-state index contributed by atoms with van der Waals surface area (Å²) in [5.41, 5.74) is -0.233. The number of carbonyl (C=O) groups excluding carboxylic acids is 2. The van der Waals surface area contributed by atoms with Crippen molar-refractivity contribution in [1.82, 2.24) is 15.2 Å². The number of rotatable bonds is 3. The molecule has 0 saturated carbocycles. The zero-order chi connectivity index (χ0) is 13.7. The van der Waals surface area contributed by atoms with Gasteiger partial charge in [-0.05, 0) is 25.3 Å². The first kappa shape index (κ1) is 13.3. The topological polar surface area (TPSA) is 80.2 Å². The molecule has 1 fully saturated rings. The van der Waals surface area contributed by atoms with Gasteiger partial charge in [0.05, 0.1) is 0 Å². The SMILES string of the molecule is O=C(Cn1ccccc1=O)NC1CCCCNC1=O. The van der Waals surface area contributed by atoms with Crippen molar-refractivity contribution in [2.45, 2.75) is 31.8 Å². The molecule has 1 aromatic rings. The Balaban J connectivity index is 1.95. The molecule has 6 nitrogen and oxygen atoms in total. The average molecular weight is 263 g/mol. The summed E-state index contributed by atoms with van der Waals surface area (Å²) in [6, 6.07) is 4.21. The fourth-order valence-electron chi connectivity index (χ4n) is 2.06. The quantitative estimate of drug-likeness (QED) is 0.781. The van der Waals surface area contributed by atoms with Crippen molar-refractivity contribution in [2.75, 3.05) is 6.54 Å². The third kappa shape index (κ3) is 3.67. The van der Waals surface area contributed by atoms with Crippen LogP contribution in [0.3, 0.4) is 0 Å². The highest BCUT2D eigenvalue weighted by molar-refractivity contribution is 5.87. The molecule has 102 valence electrons. The van der Waals surface area contributed by atoms with E-state index in [-0.39, 0.29) is 23.9 Å². The smallest absolute Gasteiger partial charge is 0.250 e. The number of hydrogen-bond acceptors (Lipinski definition) is 3. The Morgan fingerprint density at radius 1 is 1.37 bits per heavy atom. The van der Waals surface area contributed by atoms with Gasteiger partial charge in [-0.15, -0.1) is 0 Å². The average Bonchev–Trinajstić information content (AvgIpc) is 2.58. The molecule has 1 unspecified atom stereocenters. The van der Waals surface area contributed by atoms with Crippen molar-refractivity contribution in [1.29, 1.82) is 0 Å². The fourth-order valence-corrected chi connectivity index (χ4v) is 2.06. The predicted octanol–water partition coefficient (Wildman–Crippen LogP) is -0.367. The molecule has 1 aliphatic rings. The van der Waals surface area contributed by atoms with Gasteiger partial charge in [0.15, 0.2) is 0 Å². The second-order valence-electron chi connectivity index (χ2n) is 4.57. The Hall–Kier alpha value is -2.11. The van der Waals surface area contributed by atoms with Gasteiger partial charge in [-0.25, -0.2) is 0 Å². The molecule has 2 amide bonds. The van der Waals surface area contributed by atoms with Crippen LogP contribution < -0.4 is 16.2 Å². The van der Waals surface area contributed by atoms with Gasteiger partial charge in [0.25, 0.3) is 5.56 Å². The van der Waals surface area contributed by atoms with Gasteiger partial charge in [-0.2, -0.15) is 0 Å². The zero-order valence-corrected chi connectivity index (χ0v) is 10.6. The molecule has 6 heteroatoms. The first-order chi connectivity index (χ1) is 9.16. The van der Waals surface area contributed by atoms with E-state index in [2.05, 4.69) is 10.6 Å². The molecule has 0 bridgehead atoms. The van der Waals surface area contributed by atoms with Gasteiger partial charge in [0, 0.05) is 18.8 Å². The van der Waals surface area contributed by atoms with Crippen molar-refractivity contribution in [3.05, 3.63) is 34.7 Å². The Labute approximate surface area is 110 Å².